The summed E-state index contributed by atoms with van der Waals surface area (Å²) in [5, 5.41) is 0. The summed E-state index contributed by atoms with van der Waals surface area (Å²) >= 11 is 0. The lowest BCUT2D eigenvalue weighted by atomic mass is 9.91. The van der Waals surface area contributed by atoms with E-state index in [1.165, 1.54) is 26.9 Å². The van der Waals surface area contributed by atoms with Crippen LogP contribution in [0, 0.1) is 6.92 Å². The van der Waals surface area contributed by atoms with Crippen molar-refractivity contribution >= 4 is 11.7 Å². The molecule has 0 saturated heterocycles. The first-order valence-corrected chi connectivity index (χ1v) is 9.18. The quantitative estimate of drug-likeness (QED) is 0.712. The van der Waals surface area contributed by atoms with Gasteiger partial charge in [0, 0.05) is 5.56 Å². The molecule has 0 bridgehead atoms. The van der Waals surface area contributed by atoms with E-state index in [0.717, 1.165) is 35.4 Å². The summed E-state index contributed by atoms with van der Waals surface area (Å²) in [6.07, 6.45) is 3.76. The van der Waals surface area contributed by atoms with Crippen LogP contribution in [-0.4, -0.2) is 34.4 Å². The van der Waals surface area contributed by atoms with Gasteiger partial charge in [0.1, 0.15) is 5.75 Å². The average molecular weight is 399 g/mol. The standard InChI is InChI=1S/C22H25NO6/c1-13-15-7-6-8-17(16(15)9-10-18(13)25-2)23-29-22(24)14-11-19(26-3)21(28-5)20(12-14)27-4/h8-12,23H,6-7H2,1-5H3. The van der Waals surface area contributed by atoms with Crippen LogP contribution >= 0.6 is 0 Å². The van der Waals surface area contributed by atoms with Gasteiger partial charge in [0.2, 0.25) is 5.75 Å². The number of nitrogens with one attached hydrogen (secondary N) is 1. The topological polar surface area (TPSA) is 75.3 Å². The Balaban J connectivity index is 1.80. The predicted molar refractivity (Wildman–Crippen MR) is 109 cm³/mol. The SMILES string of the molecule is COc1ccc2c(c1C)CCC=C2NOC(=O)c1cc(OC)c(OC)c(OC)c1. The van der Waals surface area contributed by atoms with E-state index >= 15 is 0 Å². The first kappa shape index (κ1) is 20.4. The van der Waals surface area contributed by atoms with Crippen molar-refractivity contribution in [2.45, 2.75) is 19.8 Å². The van der Waals surface area contributed by atoms with Crippen LogP contribution in [0.5, 0.6) is 23.0 Å². The predicted octanol–water partition coefficient (Wildman–Crippen LogP) is 3.68. The summed E-state index contributed by atoms with van der Waals surface area (Å²) in [5.41, 5.74) is 7.09. The fourth-order valence-corrected chi connectivity index (χ4v) is 3.46. The number of hydroxylamine groups is 1. The number of carbonyl (C=O) groups is 1. The molecule has 7 nitrogen and oxygen atoms in total. The van der Waals surface area contributed by atoms with Crippen molar-refractivity contribution in [3.8, 4) is 23.0 Å². The van der Waals surface area contributed by atoms with Crippen LogP contribution in [0.1, 0.15) is 33.5 Å². The highest BCUT2D eigenvalue weighted by Crippen LogP contribution is 2.38. The lowest BCUT2D eigenvalue weighted by Gasteiger charge is -2.22. The number of methoxy groups -OCH3 is 4. The number of rotatable bonds is 7. The van der Waals surface area contributed by atoms with E-state index < -0.39 is 5.97 Å². The lowest BCUT2D eigenvalue weighted by Crippen LogP contribution is -2.21. The van der Waals surface area contributed by atoms with Crippen molar-refractivity contribution in [2.75, 3.05) is 28.4 Å². The Bertz CT molecular complexity index is 926. The molecule has 7 heteroatoms. The second kappa shape index (κ2) is 8.77. The van der Waals surface area contributed by atoms with E-state index in [2.05, 4.69) is 5.48 Å². The number of carbonyl (C=O) groups excluding carboxylic acids is 1. The molecule has 1 N–H and O–H groups in total. The third-order valence-corrected chi connectivity index (χ3v) is 4.96. The number of allylic oxidation sites excluding steroid dienone is 1. The zero-order valence-electron chi connectivity index (χ0n) is 17.3. The maximum absolute atomic E-state index is 12.6. The number of hydrogen-bond donors (Lipinski definition) is 1. The third-order valence-electron chi connectivity index (χ3n) is 4.96. The molecule has 154 valence electrons. The second-order valence-corrected chi connectivity index (χ2v) is 6.48. The maximum Gasteiger partial charge on any atom is 0.363 e. The van der Waals surface area contributed by atoms with E-state index in [1.54, 1.807) is 19.2 Å². The van der Waals surface area contributed by atoms with Crippen LogP contribution in [0.15, 0.2) is 30.3 Å². The molecule has 0 aromatic heterocycles. The molecule has 0 radical (unpaired) electrons. The molecule has 0 spiro atoms. The van der Waals surface area contributed by atoms with Crippen molar-refractivity contribution < 1.29 is 28.6 Å². The molecule has 2 aromatic carbocycles. The Labute approximate surface area is 170 Å². The normalized spacial score (nSPS) is 12.4. The summed E-state index contributed by atoms with van der Waals surface area (Å²) in [7, 11) is 6.14. The second-order valence-electron chi connectivity index (χ2n) is 6.48. The molecule has 1 aliphatic carbocycles. The summed E-state index contributed by atoms with van der Waals surface area (Å²) in [6.45, 7) is 2.03. The van der Waals surface area contributed by atoms with Gasteiger partial charge in [-0.05, 0) is 55.2 Å². The molecule has 0 saturated carbocycles. The van der Waals surface area contributed by atoms with Gasteiger partial charge in [-0.3, -0.25) is 0 Å². The van der Waals surface area contributed by atoms with Crippen molar-refractivity contribution in [1.82, 2.24) is 5.48 Å². The van der Waals surface area contributed by atoms with Gasteiger partial charge in [0.25, 0.3) is 0 Å². The average Bonchev–Trinajstić information content (AvgIpc) is 2.76. The van der Waals surface area contributed by atoms with Crippen molar-refractivity contribution in [3.63, 3.8) is 0 Å². The fourth-order valence-electron chi connectivity index (χ4n) is 3.46. The summed E-state index contributed by atoms with van der Waals surface area (Å²) in [4.78, 5) is 18.0. The van der Waals surface area contributed by atoms with E-state index in [0.29, 0.717) is 17.2 Å². The summed E-state index contributed by atoms with van der Waals surface area (Å²) in [5.74, 6) is 1.45. The highest BCUT2D eigenvalue weighted by Gasteiger charge is 2.21. The smallest absolute Gasteiger partial charge is 0.363 e. The van der Waals surface area contributed by atoms with Crippen LogP contribution in [0.3, 0.4) is 0 Å². The van der Waals surface area contributed by atoms with Gasteiger partial charge in [0.15, 0.2) is 11.5 Å². The summed E-state index contributed by atoms with van der Waals surface area (Å²) < 4.78 is 21.3. The molecule has 0 aliphatic heterocycles. The van der Waals surface area contributed by atoms with Gasteiger partial charge >= 0.3 is 5.97 Å². The molecule has 0 fully saturated rings. The van der Waals surface area contributed by atoms with Gasteiger partial charge in [-0.25, -0.2) is 10.3 Å². The van der Waals surface area contributed by atoms with E-state index in [4.69, 9.17) is 23.8 Å². The Hall–Kier alpha value is -3.35. The van der Waals surface area contributed by atoms with Gasteiger partial charge < -0.3 is 23.8 Å². The van der Waals surface area contributed by atoms with E-state index in [-0.39, 0.29) is 5.56 Å². The number of ether oxygens (including phenoxy) is 4. The lowest BCUT2D eigenvalue weighted by molar-refractivity contribution is 0.0367. The van der Waals surface area contributed by atoms with Crippen molar-refractivity contribution in [3.05, 3.63) is 52.6 Å². The number of fused-ring (bicyclic) bond motifs is 1. The molecule has 29 heavy (non-hydrogen) atoms. The maximum atomic E-state index is 12.6. The molecule has 0 amide bonds. The Morgan fingerprint density at radius 3 is 2.17 bits per heavy atom. The zero-order valence-corrected chi connectivity index (χ0v) is 17.3. The van der Waals surface area contributed by atoms with Crippen LogP contribution in [-0.2, 0) is 11.3 Å². The molecular formula is C22H25NO6. The van der Waals surface area contributed by atoms with Gasteiger partial charge in [-0.2, -0.15) is 0 Å². The first-order chi connectivity index (χ1) is 14.0. The molecule has 2 aromatic rings. The highest BCUT2D eigenvalue weighted by atomic mass is 16.7. The number of benzene rings is 2. The minimum absolute atomic E-state index is 0.273. The van der Waals surface area contributed by atoms with Crippen LogP contribution in [0.25, 0.3) is 5.70 Å². The minimum Gasteiger partial charge on any atom is -0.496 e. The molecular weight excluding hydrogens is 374 g/mol. The van der Waals surface area contributed by atoms with Crippen LogP contribution in [0.4, 0.5) is 0 Å². The molecule has 0 heterocycles. The molecule has 0 atom stereocenters. The first-order valence-electron chi connectivity index (χ1n) is 9.18. The Morgan fingerprint density at radius 1 is 0.931 bits per heavy atom. The molecule has 1 aliphatic rings. The van der Waals surface area contributed by atoms with Crippen molar-refractivity contribution in [2.24, 2.45) is 0 Å². The third kappa shape index (κ3) is 3.94. The van der Waals surface area contributed by atoms with E-state index in [1.807, 2.05) is 25.1 Å². The fraction of sp³-hybridized carbons (Fsp3) is 0.318. The monoisotopic (exact) mass is 399 g/mol. The highest BCUT2D eigenvalue weighted by molar-refractivity contribution is 5.91. The van der Waals surface area contributed by atoms with Crippen LogP contribution in [0.2, 0.25) is 0 Å². The Morgan fingerprint density at radius 2 is 1.59 bits per heavy atom. The van der Waals surface area contributed by atoms with Gasteiger partial charge in [-0.1, -0.05) is 6.08 Å². The summed E-state index contributed by atoms with van der Waals surface area (Å²) in [6, 6.07) is 6.97. The Kier molecular flexibility index (Phi) is 6.16. The van der Waals surface area contributed by atoms with Gasteiger partial charge in [0.05, 0.1) is 39.7 Å². The minimum atomic E-state index is -0.567. The van der Waals surface area contributed by atoms with E-state index in [9.17, 15) is 4.79 Å². The van der Waals surface area contributed by atoms with Crippen LogP contribution < -0.4 is 24.4 Å². The largest absolute Gasteiger partial charge is 0.496 e. The van der Waals surface area contributed by atoms with Gasteiger partial charge in [-0.15, -0.1) is 0 Å². The molecule has 3 rings (SSSR count). The van der Waals surface area contributed by atoms with Crippen molar-refractivity contribution in [1.29, 1.82) is 0 Å². The zero-order chi connectivity index (χ0) is 21.0. The number of hydrogen-bond acceptors (Lipinski definition) is 7. The molecule has 0 unspecified atom stereocenters.